The summed E-state index contributed by atoms with van der Waals surface area (Å²) in [5.41, 5.74) is 0. The van der Waals surface area contributed by atoms with Crippen LogP contribution in [0.1, 0.15) is 6.42 Å². The van der Waals surface area contributed by atoms with Gasteiger partial charge in [0, 0.05) is 19.6 Å². The van der Waals surface area contributed by atoms with Gasteiger partial charge < -0.3 is 20.0 Å². The van der Waals surface area contributed by atoms with Crippen molar-refractivity contribution < 1.29 is 19.8 Å². The molecule has 2 atom stereocenters. The number of likely N-dealkylation sites (tertiary alicyclic amines) is 1. The van der Waals surface area contributed by atoms with E-state index in [0.29, 0.717) is 24.7 Å². The van der Waals surface area contributed by atoms with E-state index in [1.807, 2.05) is 17.1 Å². The lowest BCUT2D eigenvalue weighted by molar-refractivity contribution is -0.141. The number of allylic oxidation sites excluding steroid dienone is 2. The normalized spacial score (nSPS) is 26.5. The number of halogens is 1. The lowest BCUT2D eigenvalue weighted by Gasteiger charge is -2.30. The van der Waals surface area contributed by atoms with Crippen LogP contribution in [0, 0.1) is 5.92 Å². The van der Waals surface area contributed by atoms with E-state index >= 15 is 0 Å². The second-order valence-electron chi connectivity index (χ2n) is 4.68. The zero-order valence-corrected chi connectivity index (χ0v) is 11.0. The van der Waals surface area contributed by atoms with Gasteiger partial charge in [-0.1, -0.05) is 23.8 Å². The second kappa shape index (κ2) is 5.52. The third kappa shape index (κ3) is 3.01. The molecule has 2 aliphatic rings. The van der Waals surface area contributed by atoms with E-state index in [1.54, 1.807) is 6.08 Å². The summed E-state index contributed by atoms with van der Waals surface area (Å²) in [6.45, 7) is 1.06. The lowest BCUT2D eigenvalue weighted by atomic mass is 10.1. The number of carboxylic acid groups (broad SMARTS) is 2. The van der Waals surface area contributed by atoms with Gasteiger partial charge in [0.25, 0.3) is 0 Å². The van der Waals surface area contributed by atoms with Crippen molar-refractivity contribution in [1.29, 1.82) is 0 Å². The molecule has 2 rings (SSSR count). The largest absolute Gasteiger partial charge is 0.481 e. The van der Waals surface area contributed by atoms with Crippen LogP contribution in [0.15, 0.2) is 23.4 Å². The predicted octanol–water partition coefficient (Wildman–Crippen LogP) is 1.39. The first kappa shape index (κ1) is 13.7. The van der Waals surface area contributed by atoms with Crippen molar-refractivity contribution in [3.8, 4) is 0 Å². The molecule has 1 unspecified atom stereocenters. The summed E-state index contributed by atoms with van der Waals surface area (Å²) in [4.78, 5) is 25.2. The highest BCUT2D eigenvalue weighted by molar-refractivity contribution is 6.29. The van der Waals surface area contributed by atoms with Gasteiger partial charge in [-0.15, -0.1) is 0 Å². The van der Waals surface area contributed by atoms with Gasteiger partial charge >= 0.3 is 12.1 Å². The van der Waals surface area contributed by atoms with Gasteiger partial charge in [0.2, 0.25) is 0 Å². The Labute approximate surface area is 115 Å². The van der Waals surface area contributed by atoms with Crippen LogP contribution in [0.2, 0.25) is 0 Å². The minimum atomic E-state index is -1.08. The Hall–Kier alpha value is -1.69. The van der Waals surface area contributed by atoms with Crippen molar-refractivity contribution in [2.45, 2.75) is 12.5 Å². The summed E-state index contributed by atoms with van der Waals surface area (Å²) >= 11 is 6.04. The van der Waals surface area contributed by atoms with Crippen LogP contribution >= 0.6 is 11.6 Å². The maximum Gasteiger partial charge on any atom is 0.407 e. The smallest absolute Gasteiger partial charge is 0.407 e. The van der Waals surface area contributed by atoms with Crippen LogP contribution in [-0.2, 0) is 4.79 Å². The summed E-state index contributed by atoms with van der Waals surface area (Å²) in [5, 5.41) is 18.7. The zero-order valence-electron chi connectivity index (χ0n) is 10.2. The average molecular weight is 287 g/mol. The van der Waals surface area contributed by atoms with Crippen LogP contribution in [-0.4, -0.2) is 57.8 Å². The minimum Gasteiger partial charge on any atom is -0.481 e. The highest BCUT2D eigenvalue weighted by Gasteiger charge is 2.39. The number of hydrogen-bond donors (Lipinski definition) is 2. The maximum absolute atomic E-state index is 11.2. The molecule has 2 heterocycles. The number of aliphatic carboxylic acids is 1. The summed E-state index contributed by atoms with van der Waals surface area (Å²) in [5.74, 6) is -1.59. The molecule has 0 aliphatic carbocycles. The molecule has 7 heteroatoms. The Morgan fingerprint density at radius 1 is 1.42 bits per heavy atom. The van der Waals surface area contributed by atoms with Gasteiger partial charge in [-0.25, -0.2) is 4.79 Å². The monoisotopic (exact) mass is 286 g/mol. The molecule has 0 aromatic rings. The molecule has 2 aliphatic heterocycles. The topological polar surface area (TPSA) is 81.1 Å². The summed E-state index contributed by atoms with van der Waals surface area (Å²) in [6.07, 6.45) is 4.73. The first-order valence-corrected chi connectivity index (χ1v) is 6.36. The number of carboxylic acids is 1. The van der Waals surface area contributed by atoms with E-state index in [-0.39, 0.29) is 12.6 Å². The van der Waals surface area contributed by atoms with Gasteiger partial charge in [0.15, 0.2) is 0 Å². The van der Waals surface area contributed by atoms with Gasteiger partial charge in [0.1, 0.15) is 5.16 Å². The highest BCUT2D eigenvalue weighted by atomic mass is 35.5. The van der Waals surface area contributed by atoms with Crippen LogP contribution in [0.3, 0.4) is 0 Å². The molecule has 1 saturated heterocycles. The Morgan fingerprint density at radius 3 is 2.74 bits per heavy atom. The van der Waals surface area contributed by atoms with E-state index < -0.39 is 18.0 Å². The Bertz CT molecular complexity index is 449. The first-order valence-electron chi connectivity index (χ1n) is 5.98. The Balaban J connectivity index is 2.05. The molecule has 0 saturated carbocycles. The average Bonchev–Trinajstić information content (AvgIpc) is 2.76. The van der Waals surface area contributed by atoms with Crippen molar-refractivity contribution in [2.24, 2.45) is 5.92 Å². The molecule has 6 nitrogen and oxygen atoms in total. The van der Waals surface area contributed by atoms with Crippen molar-refractivity contribution in [2.75, 3.05) is 19.6 Å². The standard InChI is InChI=1S/C12H15ClN2O4/c13-10-3-1-2-4-14(10)7-9-5-8(11(16)17)6-15(9)12(18)19/h1-3,8-9H,4-7H2,(H,16,17)(H,18,19)/t8?,9-/m0/s1. The van der Waals surface area contributed by atoms with Crippen molar-refractivity contribution in [1.82, 2.24) is 9.80 Å². The van der Waals surface area contributed by atoms with E-state index in [9.17, 15) is 9.59 Å². The Kier molecular flexibility index (Phi) is 3.99. The molecule has 0 aromatic heterocycles. The van der Waals surface area contributed by atoms with Gasteiger partial charge in [-0.2, -0.15) is 0 Å². The molecule has 0 radical (unpaired) electrons. The van der Waals surface area contributed by atoms with Crippen molar-refractivity contribution in [3.63, 3.8) is 0 Å². The number of rotatable bonds is 3. The summed E-state index contributed by atoms with van der Waals surface area (Å²) in [7, 11) is 0. The van der Waals surface area contributed by atoms with Crippen molar-refractivity contribution in [3.05, 3.63) is 23.4 Å². The molecular weight excluding hydrogens is 272 g/mol. The summed E-state index contributed by atoms with van der Waals surface area (Å²) in [6, 6.07) is -0.341. The predicted molar refractivity (Wildman–Crippen MR) is 68.9 cm³/mol. The number of carbonyl (C=O) groups is 2. The molecule has 0 bridgehead atoms. The SMILES string of the molecule is O=C(O)C1C[C@@H](CN2CC=CC=C2Cl)N(C(=O)O)C1. The molecule has 2 N–H and O–H groups in total. The summed E-state index contributed by atoms with van der Waals surface area (Å²) < 4.78 is 0. The molecule has 19 heavy (non-hydrogen) atoms. The fourth-order valence-corrected chi connectivity index (χ4v) is 2.66. The van der Waals surface area contributed by atoms with Crippen LogP contribution in [0.5, 0.6) is 0 Å². The van der Waals surface area contributed by atoms with Gasteiger partial charge in [0.05, 0.1) is 12.0 Å². The fourth-order valence-electron chi connectivity index (χ4n) is 2.45. The van der Waals surface area contributed by atoms with Gasteiger partial charge in [-0.05, 0) is 12.5 Å². The van der Waals surface area contributed by atoms with E-state index in [0.717, 1.165) is 0 Å². The van der Waals surface area contributed by atoms with Crippen LogP contribution in [0.25, 0.3) is 0 Å². The van der Waals surface area contributed by atoms with Crippen molar-refractivity contribution >= 4 is 23.7 Å². The van der Waals surface area contributed by atoms with E-state index in [1.165, 1.54) is 4.90 Å². The Morgan fingerprint density at radius 2 is 2.16 bits per heavy atom. The van der Waals surface area contributed by atoms with E-state index in [4.69, 9.17) is 21.8 Å². The quantitative estimate of drug-likeness (QED) is 0.766. The molecule has 0 aromatic carbocycles. The molecule has 0 spiro atoms. The minimum absolute atomic E-state index is 0.0420. The number of amides is 1. The van der Waals surface area contributed by atoms with Crippen LogP contribution in [0.4, 0.5) is 4.79 Å². The third-order valence-corrected chi connectivity index (χ3v) is 3.80. The maximum atomic E-state index is 11.2. The lowest BCUT2D eigenvalue weighted by Crippen LogP contribution is -2.42. The molecule has 1 fully saturated rings. The third-order valence-electron chi connectivity index (χ3n) is 3.44. The van der Waals surface area contributed by atoms with E-state index in [2.05, 4.69) is 0 Å². The van der Waals surface area contributed by atoms with Crippen LogP contribution < -0.4 is 0 Å². The molecule has 1 amide bonds. The number of hydrogen-bond acceptors (Lipinski definition) is 3. The fraction of sp³-hybridized carbons (Fsp3) is 0.500. The molecule has 104 valence electrons. The molecular formula is C12H15ClN2O4. The second-order valence-corrected chi connectivity index (χ2v) is 5.07. The highest BCUT2D eigenvalue weighted by Crippen LogP contribution is 2.26. The zero-order chi connectivity index (χ0) is 14.0. The van der Waals surface area contributed by atoms with Gasteiger partial charge in [-0.3, -0.25) is 4.79 Å². The first-order chi connectivity index (χ1) is 8.99. The number of nitrogens with zero attached hydrogens (tertiary/aromatic N) is 2.